The van der Waals surface area contributed by atoms with Crippen LogP contribution in [0.1, 0.15) is 33.6 Å². The highest BCUT2D eigenvalue weighted by Gasteiger charge is 2.59. The molecule has 33 heavy (non-hydrogen) atoms. The average molecular weight is 464 g/mol. The number of rotatable bonds is 5. The van der Waals surface area contributed by atoms with E-state index in [1.165, 1.54) is 13.0 Å². The van der Waals surface area contributed by atoms with Crippen molar-refractivity contribution in [2.75, 3.05) is 13.7 Å². The Morgan fingerprint density at radius 1 is 1.33 bits per heavy atom. The van der Waals surface area contributed by atoms with Gasteiger partial charge in [0.1, 0.15) is 24.9 Å². The highest BCUT2D eigenvalue weighted by atomic mass is 16.7. The number of hydrogen-bond donors (Lipinski definition) is 1. The first-order valence-corrected chi connectivity index (χ1v) is 10.6. The summed E-state index contributed by atoms with van der Waals surface area (Å²) in [6.07, 6.45) is -0.686. The molecule has 10 nitrogen and oxygen atoms in total. The third kappa shape index (κ3) is 5.01. The Morgan fingerprint density at radius 3 is 2.58 bits per heavy atom. The van der Waals surface area contributed by atoms with Crippen LogP contribution in [0.5, 0.6) is 0 Å². The van der Waals surface area contributed by atoms with Gasteiger partial charge in [0.2, 0.25) is 0 Å². The second-order valence-corrected chi connectivity index (χ2v) is 8.40. The Kier molecular flexibility index (Phi) is 7.08. The molecule has 0 bridgehead atoms. The molecule has 6 atom stereocenters. The fourth-order valence-corrected chi connectivity index (χ4v) is 3.91. The van der Waals surface area contributed by atoms with Gasteiger partial charge in [0.25, 0.3) is 0 Å². The van der Waals surface area contributed by atoms with Crippen LogP contribution in [0.15, 0.2) is 35.5 Å². The summed E-state index contributed by atoms with van der Waals surface area (Å²) in [5.74, 6) is -3.80. The van der Waals surface area contributed by atoms with E-state index in [2.05, 4.69) is 6.58 Å². The van der Waals surface area contributed by atoms with Crippen molar-refractivity contribution < 1.29 is 48.0 Å². The number of carbonyl (C=O) groups excluding carboxylic acids is 4. The minimum absolute atomic E-state index is 0.0281. The third-order valence-electron chi connectivity index (χ3n) is 6.15. The van der Waals surface area contributed by atoms with Crippen molar-refractivity contribution in [2.24, 2.45) is 5.92 Å². The second-order valence-electron chi connectivity index (χ2n) is 8.40. The first-order chi connectivity index (χ1) is 15.5. The van der Waals surface area contributed by atoms with E-state index in [0.29, 0.717) is 12.0 Å². The normalized spacial score (nSPS) is 36.8. The number of aliphatic hydroxyl groups excluding tert-OH is 1. The average Bonchev–Trinajstić information content (AvgIpc) is 3.29. The summed E-state index contributed by atoms with van der Waals surface area (Å²) in [5, 5.41) is 11.2. The zero-order valence-corrected chi connectivity index (χ0v) is 19.0. The van der Waals surface area contributed by atoms with E-state index >= 15 is 0 Å². The lowest BCUT2D eigenvalue weighted by Gasteiger charge is -2.31. The Balaban J connectivity index is 2.04. The van der Waals surface area contributed by atoms with E-state index in [9.17, 15) is 24.3 Å². The van der Waals surface area contributed by atoms with Gasteiger partial charge in [-0.05, 0) is 38.3 Å². The molecule has 0 amide bonds. The predicted molar refractivity (Wildman–Crippen MR) is 111 cm³/mol. The number of epoxide rings is 1. The molecule has 180 valence electrons. The van der Waals surface area contributed by atoms with E-state index in [1.54, 1.807) is 19.9 Å². The van der Waals surface area contributed by atoms with Gasteiger partial charge in [0.05, 0.1) is 24.7 Å². The number of carbonyl (C=O) groups is 4. The van der Waals surface area contributed by atoms with Crippen LogP contribution < -0.4 is 0 Å². The maximum Gasteiger partial charge on any atom is 0.341 e. The fourth-order valence-electron chi connectivity index (χ4n) is 3.91. The maximum absolute atomic E-state index is 12.8. The lowest BCUT2D eigenvalue weighted by molar-refractivity contribution is -0.165. The maximum atomic E-state index is 12.8. The predicted octanol–water partition coefficient (Wildman–Crippen LogP) is 0.917. The molecule has 2 heterocycles. The van der Waals surface area contributed by atoms with Gasteiger partial charge in [0.15, 0.2) is 5.60 Å². The van der Waals surface area contributed by atoms with Crippen molar-refractivity contribution in [1.29, 1.82) is 0 Å². The van der Waals surface area contributed by atoms with Crippen molar-refractivity contribution in [3.05, 3.63) is 35.5 Å². The fraction of sp³-hybridized carbons (Fsp3) is 0.565. The van der Waals surface area contributed by atoms with Gasteiger partial charge < -0.3 is 28.8 Å². The first kappa shape index (κ1) is 24.7. The molecule has 3 rings (SSSR count). The van der Waals surface area contributed by atoms with Crippen LogP contribution >= 0.6 is 0 Å². The van der Waals surface area contributed by atoms with Crippen molar-refractivity contribution in [2.45, 2.75) is 63.6 Å². The summed E-state index contributed by atoms with van der Waals surface area (Å²) >= 11 is 0. The van der Waals surface area contributed by atoms with E-state index in [-0.39, 0.29) is 24.2 Å². The number of hydrogen-bond acceptors (Lipinski definition) is 10. The summed E-state index contributed by atoms with van der Waals surface area (Å²) in [7, 11) is 1.16. The van der Waals surface area contributed by atoms with Crippen molar-refractivity contribution >= 4 is 23.9 Å². The van der Waals surface area contributed by atoms with E-state index in [4.69, 9.17) is 23.7 Å². The van der Waals surface area contributed by atoms with Crippen LogP contribution in [0.4, 0.5) is 0 Å². The van der Waals surface area contributed by atoms with Gasteiger partial charge in [-0.15, -0.1) is 0 Å². The Labute approximate surface area is 191 Å². The van der Waals surface area contributed by atoms with E-state index in [0.717, 1.165) is 7.11 Å². The highest BCUT2D eigenvalue weighted by Crippen LogP contribution is 2.41. The first-order valence-electron chi connectivity index (χ1n) is 10.6. The summed E-state index contributed by atoms with van der Waals surface area (Å²) in [4.78, 5) is 49.0. The number of aliphatic hydroxyl groups is 1. The topological polar surface area (TPSA) is 138 Å². The molecule has 3 aliphatic rings. The van der Waals surface area contributed by atoms with Crippen LogP contribution in [0.25, 0.3) is 0 Å². The summed E-state index contributed by atoms with van der Waals surface area (Å²) in [6.45, 7) is 8.21. The lowest BCUT2D eigenvalue weighted by atomic mass is 9.83. The minimum atomic E-state index is -1.62. The van der Waals surface area contributed by atoms with E-state index in [1.807, 2.05) is 0 Å². The van der Waals surface area contributed by atoms with Crippen LogP contribution in [-0.4, -0.2) is 72.7 Å². The molecular weight excluding hydrogens is 436 g/mol. The van der Waals surface area contributed by atoms with Crippen molar-refractivity contribution in [1.82, 2.24) is 0 Å². The minimum Gasteiger partial charge on any atom is -0.466 e. The summed E-state index contributed by atoms with van der Waals surface area (Å²) in [5.41, 5.74) is -0.749. The van der Waals surface area contributed by atoms with Gasteiger partial charge in [-0.25, -0.2) is 14.4 Å². The second kappa shape index (κ2) is 9.48. The Hall–Kier alpha value is -2.98. The van der Waals surface area contributed by atoms with Crippen LogP contribution in [0.3, 0.4) is 0 Å². The number of fused-ring (bicyclic) bond motifs is 1. The number of esters is 4. The zero-order chi connectivity index (χ0) is 24.5. The van der Waals surface area contributed by atoms with Crippen LogP contribution in [0, 0.1) is 5.92 Å². The lowest BCUT2D eigenvalue weighted by Crippen LogP contribution is -2.46. The monoisotopic (exact) mass is 464 g/mol. The molecule has 0 spiro atoms. The Morgan fingerprint density at radius 2 is 2.00 bits per heavy atom. The quantitative estimate of drug-likeness (QED) is 0.205. The molecule has 0 saturated carbocycles. The van der Waals surface area contributed by atoms with Crippen LogP contribution in [-0.2, 0) is 42.9 Å². The molecular formula is C23H28O10. The molecule has 0 unspecified atom stereocenters. The standard InChI is InChI=1S/C23H28O10/c1-11-17-16(31-20(11)26)9-14(10-30-13(3)24)7-6-8-15(21(27)29-5)18(25)19(17)32-22(28)23(4)12(2)33-23/h8-9,12,16-19,25H,1,6-7,10H2,2-5H3/b14-9-,15-8+/t12-,16-,17+,18+,19+,23-/m1/s1. The molecule has 2 fully saturated rings. The molecule has 1 aliphatic carbocycles. The molecule has 1 N–H and O–H groups in total. The molecule has 2 saturated heterocycles. The largest absolute Gasteiger partial charge is 0.466 e. The SMILES string of the molecule is C=C1C(=O)O[C@@H]2/C=C(\COC(C)=O)CC/C=C(/C(=O)OC)[C@H](O)[C@@H](OC(=O)[C@]3(C)O[C@@H]3C)[C@@H]12. The molecule has 0 aromatic rings. The zero-order valence-electron chi connectivity index (χ0n) is 19.0. The number of methoxy groups -OCH3 is 1. The van der Waals surface area contributed by atoms with Crippen molar-refractivity contribution in [3.8, 4) is 0 Å². The smallest absolute Gasteiger partial charge is 0.341 e. The van der Waals surface area contributed by atoms with Gasteiger partial charge in [0, 0.05) is 12.5 Å². The molecule has 0 aromatic carbocycles. The van der Waals surface area contributed by atoms with Gasteiger partial charge in [-0.3, -0.25) is 4.79 Å². The summed E-state index contributed by atoms with van der Waals surface area (Å²) < 4.78 is 26.3. The van der Waals surface area contributed by atoms with E-state index < -0.39 is 59.8 Å². The Bertz CT molecular complexity index is 932. The highest BCUT2D eigenvalue weighted by molar-refractivity contribution is 5.92. The molecule has 0 aromatic heterocycles. The molecule has 2 aliphatic heterocycles. The van der Waals surface area contributed by atoms with Gasteiger partial charge in [-0.1, -0.05) is 12.7 Å². The molecule has 0 radical (unpaired) electrons. The third-order valence-corrected chi connectivity index (χ3v) is 6.15. The van der Waals surface area contributed by atoms with Gasteiger partial charge >= 0.3 is 23.9 Å². The van der Waals surface area contributed by atoms with Crippen molar-refractivity contribution in [3.63, 3.8) is 0 Å². The summed E-state index contributed by atoms with van der Waals surface area (Å²) in [6, 6.07) is 0. The number of allylic oxidation sites excluding steroid dienone is 1. The molecule has 10 heteroatoms. The number of ether oxygens (including phenoxy) is 5. The van der Waals surface area contributed by atoms with Crippen LogP contribution in [0.2, 0.25) is 0 Å². The van der Waals surface area contributed by atoms with Gasteiger partial charge in [-0.2, -0.15) is 0 Å².